The quantitative estimate of drug-likeness (QED) is 0.398. The number of anilines is 1. The molecule has 0 atom stereocenters. The number of nitrogen functional groups attached to an aromatic ring is 1. The molecule has 0 aliphatic heterocycles. The molecule has 0 heterocycles. The lowest BCUT2D eigenvalue weighted by Gasteiger charge is -2.10. The number of hydrogen-bond acceptors (Lipinski definition) is 7. The van der Waals surface area contributed by atoms with E-state index >= 15 is 0 Å². The molecule has 9 nitrogen and oxygen atoms in total. The number of methoxy groups -OCH3 is 2. The minimum atomic E-state index is -4.35. The number of aliphatic carboxylic acids is 1. The number of carboxylic acid groups (broad SMARTS) is 1. The maximum Gasteiger partial charge on any atom is 0.310 e. The molecule has 0 unspecified atom stereocenters. The summed E-state index contributed by atoms with van der Waals surface area (Å²) in [5.74, 6) is -1.12. The maximum atomic E-state index is 10.9. The Hall–Kier alpha value is -2.33. The van der Waals surface area contributed by atoms with Crippen LogP contribution in [0.3, 0.4) is 0 Å². The fourth-order valence-electron chi connectivity index (χ4n) is 1.31. The van der Waals surface area contributed by atoms with Gasteiger partial charge in [0.05, 0.1) is 19.9 Å². The fraction of sp³-hybridized carbons (Fsp3) is 0.333. The van der Waals surface area contributed by atoms with Crippen molar-refractivity contribution in [2.75, 3.05) is 20.0 Å². The molecular weight excluding hydrogens is 318 g/mol. The Labute approximate surface area is 127 Å². The van der Waals surface area contributed by atoms with Crippen molar-refractivity contribution in [1.29, 1.82) is 0 Å². The fourth-order valence-corrected chi connectivity index (χ4v) is 1.98. The molecule has 0 saturated heterocycles. The largest absolute Gasteiger partial charge is 0.495 e. The van der Waals surface area contributed by atoms with Gasteiger partial charge in [0, 0.05) is 6.07 Å². The number of rotatable bonds is 5. The molecular formula is C12H17NO8S. The Balaban J connectivity index is 0.000000534. The van der Waals surface area contributed by atoms with Crippen LogP contribution in [0.4, 0.5) is 5.69 Å². The van der Waals surface area contributed by atoms with Crippen molar-refractivity contribution in [3.05, 3.63) is 12.1 Å². The summed E-state index contributed by atoms with van der Waals surface area (Å²) in [6, 6.07) is 2.37. The van der Waals surface area contributed by atoms with E-state index in [-0.39, 0.29) is 34.3 Å². The van der Waals surface area contributed by atoms with Crippen molar-refractivity contribution in [2.24, 2.45) is 0 Å². The topological polar surface area (TPSA) is 153 Å². The van der Waals surface area contributed by atoms with E-state index in [1.54, 1.807) is 0 Å². The van der Waals surface area contributed by atoms with E-state index in [2.05, 4.69) is 0 Å². The van der Waals surface area contributed by atoms with E-state index in [1.165, 1.54) is 27.2 Å². The molecule has 4 N–H and O–H groups in total. The molecule has 1 rings (SSSR count). The second-order valence-corrected chi connectivity index (χ2v) is 5.38. The summed E-state index contributed by atoms with van der Waals surface area (Å²) in [4.78, 5) is 19.1. The van der Waals surface area contributed by atoms with E-state index in [0.717, 1.165) is 6.07 Å². The van der Waals surface area contributed by atoms with Crippen molar-refractivity contribution >= 4 is 27.6 Å². The Morgan fingerprint density at radius 3 is 1.95 bits per heavy atom. The number of carbonyl (C=O) groups excluding carboxylic acids is 1. The summed E-state index contributed by atoms with van der Waals surface area (Å²) in [5.41, 5.74) is 5.60. The molecule has 10 heteroatoms. The van der Waals surface area contributed by atoms with Gasteiger partial charge in [-0.1, -0.05) is 0 Å². The van der Waals surface area contributed by atoms with Crippen LogP contribution < -0.4 is 15.2 Å². The van der Waals surface area contributed by atoms with Crippen LogP contribution in [0.5, 0.6) is 11.5 Å². The highest BCUT2D eigenvalue weighted by molar-refractivity contribution is 7.86. The first-order valence-electron chi connectivity index (χ1n) is 5.73. The Bertz CT molecular complexity index is 641. The number of Topliss-reactive ketones (excluding diaryl/α,β-unsaturated/α-hetero) is 1. The van der Waals surface area contributed by atoms with E-state index in [9.17, 15) is 18.0 Å². The lowest BCUT2D eigenvalue weighted by molar-refractivity contribution is -0.139. The zero-order valence-corrected chi connectivity index (χ0v) is 13.0. The van der Waals surface area contributed by atoms with Gasteiger partial charge in [0.25, 0.3) is 10.1 Å². The standard InChI is InChI=1S/C8H11NO5S.C4H6O3/c1-13-6-4-7(14-2)8(3-5(6)9)15(10,11)12;1-3(5)2-4(6)7/h3-4H,9H2,1-2H3,(H,10,11,12);2H2,1H3,(H,6,7). The first kappa shape index (κ1) is 19.7. The van der Waals surface area contributed by atoms with Gasteiger partial charge in [0.1, 0.15) is 28.6 Å². The summed E-state index contributed by atoms with van der Waals surface area (Å²) in [6.45, 7) is 1.24. The highest BCUT2D eigenvalue weighted by Crippen LogP contribution is 2.33. The average Bonchev–Trinajstić information content (AvgIpc) is 2.36. The van der Waals surface area contributed by atoms with Crippen LogP contribution in [0.25, 0.3) is 0 Å². The van der Waals surface area contributed by atoms with Crippen molar-refractivity contribution in [3.8, 4) is 11.5 Å². The minimum Gasteiger partial charge on any atom is -0.495 e. The van der Waals surface area contributed by atoms with Gasteiger partial charge in [-0.3, -0.25) is 14.1 Å². The van der Waals surface area contributed by atoms with Gasteiger partial charge < -0.3 is 20.3 Å². The molecule has 0 aromatic heterocycles. The molecule has 124 valence electrons. The predicted molar refractivity (Wildman–Crippen MR) is 76.7 cm³/mol. The maximum absolute atomic E-state index is 10.9. The molecule has 22 heavy (non-hydrogen) atoms. The zero-order valence-electron chi connectivity index (χ0n) is 12.2. The number of ketones is 1. The minimum absolute atomic E-state index is 0.0245. The van der Waals surface area contributed by atoms with E-state index in [1.807, 2.05) is 0 Å². The number of carbonyl (C=O) groups is 2. The second kappa shape index (κ2) is 8.20. The second-order valence-electron chi connectivity index (χ2n) is 3.99. The molecule has 1 aromatic rings. The third-order valence-corrected chi connectivity index (χ3v) is 3.07. The molecule has 0 aliphatic rings. The summed E-state index contributed by atoms with van der Waals surface area (Å²) < 4.78 is 40.4. The van der Waals surface area contributed by atoms with E-state index in [0.29, 0.717) is 0 Å². The van der Waals surface area contributed by atoms with Crippen LogP contribution in [0, 0.1) is 0 Å². The first-order chi connectivity index (χ1) is 10.0. The Morgan fingerprint density at radius 1 is 1.18 bits per heavy atom. The molecule has 0 spiro atoms. The lowest BCUT2D eigenvalue weighted by Crippen LogP contribution is -2.04. The van der Waals surface area contributed by atoms with Crippen LogP contribution in [0.2, 0.25) is 0 Å². The summed E-state index contributed by atoms with van der Waals surface area (Å²) in [7, 11) is -1.69. The SMILES string of the molecule is CC(=O)CC(=O)O.COc1cc(OC)c(S(=O)(=O)O)cc1N. The average molecular weight is 335 g/mol. The molecule has 0 amide bonds. The van der Waals surface area contributed by atoms with E-state index < -0.39 is 16.1 Å². The number of carboxylic acids is 1. The first-order valence-corrected chi connectivity index (χ1v) is 7.17. The Kier molecular flexibility index (Phi) is 7.33. The highest BCUT2D eigenvalue weighted by atomic mass is 32.2. The highest BCUT2D eigenvalue weighted by Gasteiger charge is 2.19. The van der Waals surface area contributed by atoms with Gasteiger partial charge in [-0.25, -0.2) is 0 Å². The van der Waals surface area contributed by atoms with Crippen molar-refractivity contribution in [2.45, 2.75) is 18.2 Å². The lowest BCUT2D eigenvalue weighted by atomic mass is 10.3. The molecule has 0 fully saturated rings. The van der Waals surface area contributed by atoms with Crippen LogP contribution in [0.15, 0.2) is 17.0 Å². The Morgan fingerprint density at radius 2 is 1.68 bits per heavy atom. The van der Waals surface area contributed by atoms with Crippen LogP contribution in [0.1, 0.15) is 13.3 Å². The van der Waals surface area contributed by atoms with Crippen LogP contribution in [-0.2, 0) is 19.7 Å². The van der Waals surface area contributed by atoms with Gasteiger partial charge in [0.15, 0.2) is 0 Å². The summed E-state index contributed by atoms with van der Waals surface area (Å²) in [6.07, 6.45) is -0.361. The predicted octanol–water partition coefficient (Wildman–Crippen LogP) is 0.583. The van der Waals surface area contributed by atoms with Crippen molar-refractivity contribution < 1.29 is 37.1 Å². The van der Waals surface area contributed by atoms with E-state index in [4.69, 9.17) is 24.9 Å². The van der Waals surface area contributed by atoms with Gasteiger partial charge >= 0.3 is 5.97 Å². The zero-order chi connectivity index (χ0) is 17.5. The third-order valence-electron chi connectivity index (χ3n) is 2.19. The van der Waals surface area contributed by atoms with Crippen LogP contribution in [-0.4, -0.2) is 44.0 Å². The smallest absolute Gasteiger partial charge is 0.310 e. The number of hydrogen-bond donors (Lipinski definition) is 3. The third kappa shape index (κ3) is 6.41. The van der Waals surface area contributed by atoms with Crippen molar-refractivity contribution in [3.63, 3.8) is 0 Å². The molecule has 0 radical (unpaired) electrons. The van der Waals surface area contributed by atoms with Crippen molar-refractivity contribution in [1.82, 2.24) is 0 Å². The monoisotopic (exact) mass is 335 g/mol. The molecule has 0 aliphatic carbocycles. The number of benzene rings is 1. The number of ether oxygens (including phenoxy) is 2. The van der Waals surface area contributed by atoms with Gasteiger partial charge in [-0.15, -0.1) is 0 Å². The van der Waals surface area contributed by atoms with Crippen LogP contribution >= 0.6 is 0 Å². The van der Waals surface area contributed by atoms with Gasteiger partial charge in [-0.05, 0) is 13.0 Å². The molecule has 1 aromatic carbocycles. The molecule has 0 bridgehead atoms. The molecule has 0 saturated carbocycles. The number of nitrogens with two attached hydrogens (primary N) is 1. The summed E-state index contributed by atoms with van der Waals surface area (Å²) in [5, 5.41) is 7.86. The normalized spacial score (nSPS) is 10.2. The summed E-state index contributed by atoms with van der Waals surface area (Å²) >= 11 is 0. The van der Waals surface area contributed by atoms with Gasteiger partial charge in [0.2, 0.25) is 0 Å². The van der Waals surface area contributed by atoms with Gasteiger partial charge in [-0.2, -0.15) is 8.42 Å².